The van der Waals surface area contributed by atoms with Crippen molar-refractivity contribution < 1.29 is 24.2 Å². The van der Waals surface area contributed by atoms with Crippen molar-refractivity contribution >= 4 is 23.8 Å². The summed E-state index contributed by atoms with van der Waals surface area (Å²) in [5, 5.41) is 9.25. The van der Waals surface area contributed by atoms with E-state index in [4.69, 9.17) is 11.5 Å². The molecule has 1 amide bonds. The Bertz CT molecular complexity index is 447. The third-order valence-electron chi connectivity index (χ3n) is 3.28. The van der Waals surface area contributed by atoms with E-state index < -0.39 is 23.9 Å². The SMILES string of the molecule is COC(=O)C1CC(=O)N([C@@H](CCCN=C(N)N)C(=O)O)C1. The van der Waals surface area contributed by atoms with E-state index in [-0.39, 0.29) is 37.8 Å². The van der Waals surface area contributed by atoms with E-state index in [1.165, 1.54) is 12.0 Å². The Morgan fingerprint density at radius 2 is 2.19 bits per heavy atom. The summed E-state index contributed by atoms with van der Waals surface area (Å²) in [7, 11) is 1.24. The third-order valence-corrected chi connectivity index (χ3v) is 3.28. The van der Waals surface area contributed by atoms with Crippen LogP contribution in [0.4, 0.5) is 0 Å². The van der Waals surface area contributed by atoms with Crippen LogP contribution in [-0.4, -0.2) is 60.1 Å². The molecule has 0 aromatic rings. The Labute approximate surface area is 121 Å². The summed E-state index contributed by atoms with van der Waals surface area (Å²) in [6, 6.07) is -0.985. The molecule has 1 fully saturated rings. The van der Waals surface area contributed by atoms with Gasteiger partial charge in [-0.05, 0) is 12.8 Å². The summed E-state index contributed by atoms with van der Waals surface area (Å²) < 4.78 is 4.59. The highest BCUT2D eigenvalue weighted by Gasteiger charge is 2.40. The molecule has 1 unspecified atom stereocenters. The second-order valence-corrected chi connectivity index (χ2v) is 4.77. The largest absolute Gasteiger partial charge is 0.480 e. The molecule has 1 saturated heterocycles. The first kappa shape index (κ1) is 16.7. The van der Waals surface area contributed by atoms with E-state index in [1.54, 1.807) is 0 Å². The number of carbonyl (C=O) groups is 3. The molecule has 118 valence electrons. The Kier molecular flexibility index (Phi) is 5.94. The normalized spacial score (nSPS) is 19.2. The van der Waals surface area contributed by atoms with Gasteiger partial charge in [0.15, 0.2) is 5.96 Å². The molecule has 0 bridgehead atoms. The van der Waals surface area contributed by atoms with Gasteiger partial charge in [0, 0.05) is 19.5 Å². The molecule has 1 aliphatic heterocycles. The molecule has 1 aliphatic rings. The zero-order valence-electron chi connectivity index (χ0n) is 11.8. The van der Waals surface area contributed by atoms with Crippen molar-refractivity contribution in [3.05, 3.63) is 0 Å². The molecule has 21 heavy (non-hydrogen) atoms. The number of carbonyl (C=O) groups excluding carboxylic acids is 2. The average molecular weight is 300 g/mol. The van der Waals surface area contributed by atoms with Crippen molar-refractivity contribution in [2.75, 3.05) is 20.2 Å². The molecule has 9 nitrogen and oxygen atoms in total. The maximum Gasteiger partial charge on any atom is 0.326 e. The molecule has 0 aromatic heterocycles. The molecule has 0 spiro atoms. The van der Waals surface area contributed by atoms with E-state index in [9.17, 15) is 19.5 Å². The van der Waals surface area contributed by atoms with E-state index in [1.807, 2.05) is 0 Å². The Morgan fingerprint density at radius 3 is 2.71 bits per heavy atom. The maximum atomic E-state index is 11.9. The number of rotatable bonds is 7. The molecular weight excluding hydrogens is 280 g/mol. The number of likely N-dealkylation sites (tertiary alicyclic amines) is 1. The Balaban J connectivity index is 2.64. The summed E-state index contributed by atoms with van der Waals surface area (Å²) in [5.74, 6) is -2.65. The van der Waals surface area contributed by atoms with E-state index in [0.29, 0.717) is 6.42 Å². The summed E-state index contributed by atoms with van der Waals surface area (Å²) in [5.41, 5.74) is 10.4. The molecule has 1 heterocycles. The zero-order valence-corrected chi connectivity index (χ0v) is 11.8. The van der Waals surface area contributed by atoms with Gasteiger partial charge in [-0.2, -0.15) is 0 Å². The molecule has 5 N–H and O–H groups in total. The minimum atomic E-state index is -1.11. The van der Waals surface area contributed by atoms with Crippen LogP contribution in [0, 0.1) is 5.92 Å². The van der Waals surface area contributed by atoms with Gasteiger partial charge in [-0.25, -0.2) is 4.79 Å². The van der Waals surface area contributed by atoms with Crippen LogP contribution in [-0.2, 0) is 19.1 Å². The number of carboxylic acid groups (broad SMARTS) is 1. The number of esters is 1. The van der Waals surface area contributed by atoms with Crippen LogP contribution in [0.2, 0.25) is 0 Å². The number of hydrogen-bond acceptors (Lipinski definition) is 5. The summed E-state index contributed by atoms with van der Waals surface area (Å²) >= 11 is 0. The van der Waals surface area contributed by atoms with Gasteiger partial charge in [0.05, 0.1) is 13.0 Å². The standard InChI is InChI=1S/C12H20N4O5/c1-21-11(20)7-5-9(17)16(6-7)8(10(18)19)3-2-4-15-12(13)14/h7-8H,2-6H2,1H3,(H,18,19)(H4,13,14,15)/t7?,8-/m0/s1. The van der Waals surface area contributed by atoms with Crippen LogP contribution in [0.3, 0.4) is 0 Å². The summed E-state index contributed by atoms with van der Waals surface area (Å²) in [4.78, 5) is 39.6. The van der Waals surface area contributed by atoms with Gasteiger partial charge >= 0.3 is 11.9 Å². The second kappa shape index (κ2) is 7.46. The molecular formula is C12H20N4O5. The molecule has 9 heteroatoms. The van der Waals surface area contributed by atoms with Crippen LogP contribution in [0.1, 0.15) is 19.3 Å². The Morgan fingerprint density at radius 1 is 1.52 bits per heavy atom. The van der Waals surface area contributed by atoms with Crippen molar-refractivity contribution in [2.45, 2.75) is 25.3 Å². The van der Waals surface area contributed by atoms with Crippen molar-refractivity contribution in [3.63, 3.8) is 0 Å². The van der Waals surface area contributed by atoms with Gasteiger partial charge in [-0.15, -0.1) is 0 Å². The lowest BCUT2D eigenvalue weighted by atomic mass is 10.1. The van der Waals surface area contributed by atoms with E-state index in [0.717, 1.165) is 0 Å². The number of aliphatic imine (C=N–C) groups is 1. The number of guanidine groups is 1. The van der Waals surface area contributed by atoms with Crippen LogP contribution in [0.25, 0.3) is 0 Å². The van der Waals surface area contributed by atoms with Crippen molar-refractivity contribution in [2.24, 2.45) is 22.4 Å². The second-order valence-electron chi connectivity index (χ2n) is 4.77. The number of methoxy groups -OCH3 is 1. The molecule has 1 rings (SSSR count). The molecule has 0 aromatic carbocycles. The smallest absolute Gasteiger partial charge is 0.326 e. The molecule has 2 atom stereocenters. The lowest BCUT2D eigenvalue weighted by molar-refractivity contribution is -0.149. The zero-order chi connectivity index (χ0) is 16.0. The Hall–Kier alpha value is -2.32. The topological polar surface area (TPSA) is 148 Å². The van der Waals surface area contributed by atoms with Gasteiger partial charge in [0.1, 0.15) is 6.04 Å². The van der Waals surface area contributed by atoms with Gasteiger partial charge in [0.2, 0.25) is 5.91 Å². The number of amides is 1. The summed E-state index contributed by atoms with van der Waals surface area (Å²) in [6.07, 6.45) is 0.609. The first-order chi connectivity index (χ1) is 9.86. The van der Waals surface area contributed by atoms with Crippen molar-refractivity contribution in [1.82, 2.24) is 4.90 Å². The van der Waals surface area contributed by atoms with Crippen LogP contribution in [0.5, 0.6) is 0 Å². The minimum Gasteiger partial charge on any atom is -0.480 e. The maximum absolute atomic E-state index is 11.9. The lowest BCUT2D eigenvalue weighted by Gasteiger charge is -2.24. The number of hydrogen-bond donors (Lipinski definition) is 3. The number of nitrogens with two attached hydrogens (primary N) is 2. The highest BCUT2D eigenvalue weighted by molar-refractivity contribution is 5.90. The number of aliphatic carboxylic acids is 1. The quantitative estimate of drug-likeness (QED) is 0.224. The predicted molar refractivity (Wildman–Crippen MR) is 73.2 cm³/mol. The van der Waals surface area contributed by atoms with Crippen molar-refractivity contribution in [1.29, 1.82) is 0 Å². The molecule has 0 radical (unpaired) electrons. The highest BCUT2D eigenvalue weighted by Crippen LogP contribution is 2.23. The van der Waals surface area contributed by atoms with Crippen molar-refractivity contribution in [3.8, 4) is 0 Å². The van der Waals surface area contributed by atoms with Crippen LogP contribution >= 0.6 is 0 Å². The van der Waals surface area contributed by atoms with Crippen LogP contribution in [0.15, 0.2) is 4.99 Å². The third kappa shape index (κ3) is 4.62. The van der Waals surface area contributed by atoms with Gasteiger partial charge < -0.3 is 26.2 Å². The summed E-state index contributed by atoms with van der Waals surface area (Å²) in [6.45, 7) is 0.347. The lowest BCUT2D eigenvalue weighted by Crippen LogP contribution is -2.42. The van der Waals surface area contributed by atoms with Gasteiger partial charge in [-0.3, -0.25) is 14.6 Å². The molecule has 0 aliphatic carbocycles. The van der Waals surface area contributed by atoms with Gasteiger partial charge in [0.25, 0.3) is 0 Å². The fourth-order valence-electron chi connectivity index (χ4n) is 2.26. The average Bonchev–Trinajstić information content (AvgIpc) is 2.79. The van der Waals surface area contributed by atoms with E-state index in [2.05, 4.69) is 9.73 Å². The monoisotopic (exact) mass is 300 g/mol. The highest BCUT2D eigenvalue weighted by atomic mass is 16.5. The van der Waals surface area contributed by atoms with Crippen LogP contribution < -0.4 is 11.5 Å². The predicted octanol–water partition coefficient (Wildman–Crippen LogP) is -1.49. The fraction of sp³-hybridized carbons (Fsp3) is 0.667. The minimum absolute atomic E-state index is 0.0235. The number of nitrogens with zero attached hydrogens (tertiary/aromatic N) is 2. The van der Waals surface area contributed by atoms with E-state index >= 15 is 0 Å². The molecule has 0 saturated carbocycles. The van der Waals surface area contributed by atoms with Gasteiger partial charge in [-0.1, -0.05) is 0 Å². The fourth-order valence-corrected chi connectivity index (χ4v) is 2.26. The number of ether oxygens (including phenoxy) is 1. The first-order valence-electron chi connectivity index (χ1n) is 6.52. The first-order valence-corrected chi connectivity index (χ1v) is 6.52. The number of carboxylic acids is 1.